The monoisotopic (exact) mass is 313 g/mol. The van der Waals surface area contributed by atoms with Crippen molar-refractivity contribution < 1.29 is 9.59 Å². The first-order valence-electron chi connectivity index (χ1n) is 7.32. The Morgan fingerprint density at radius 1 is 0.909 bits per heavy atom. The number of benzene rings is 2. The Balaban J connectivity index is 2.25. The summed E-state index contributed by atoms with van der Waals surface area (Å²) in [5, 5.41) is -0.0552. The first-order valence-corrected chi connectivity index (χ1v) is 8.14. The Hall–Kier alpha value is -2.07. The highest BCUT2D eigenvalue weighted by Crippen LogP contribution is 2.27. The van der Waals surface area contributed by atoms with Crippen LogP contribution in [-0.4, -0.2) is 29.0 Å². The van der Waals surface area contributed by atoms with Gasteiger partial charge in [0.2, 0.25) is 5.12 Å². The van der Waals surface area contributed by atoms with E-state index in [0.29, 0.717) is 29.1 Å². The van der Waals surface area contributed by atoms with Gasteiger partial charge in [-0.15, -0.1) is 0 Å². The molecule has 0 saturated heterocycles. The lowest BCUT2D eigenvalue weighted by molar-refractivity contribution is 0.0769. The summed E-state index contributed by atoms with van der Waals surface area (Å²) in [6, 6.07) is 16.4. The fraction of sp³-hybridized carbons (Fsp3) is 0.222. The fourth-order valence-corrected chi connectivity index (χ4v) is 3.01. The molecule has 2 aromatic carbocycles. The zero-order valence-electron chi connectivity index (χ0n) is 12.8. The molecular formula is C18H19NO2S. The summed E-state index contributed by atoms with van der Waals surface area (Å²) in [6.45, 7) is 5.21. The van der Waals surface area contributed by atoms with E-state index in [1.54, 1.807) is 23.1 Å². The lowest BCUT2D eigenvalue weighted by Gasteiger charge is -2.20. The highest BCUT2D eigenvalue weighted by atomic mass is 32.2. The van der Waals surface area contributed by atoms with Gasteiger partial charge in [0.1, 0.15) is 0 Å². The van der Waals surface area contributed by atoms with Gasteiger partial charge in [-0.25, -0.2) is 0 Å². The van der Waals surface area contributed by atoms with Crippen LogP contribution in [0.5, 0.6) is 0 Å². The third kappa shape index (κ3) is 3.77. The number of carbonyl (C=O) groups excluding carboxylic acids is 2. The molecule has 0 saturated carbocycles. The van der Waals surface area contributed by atoms with Crippen LogP contribution in [0.2, 0.25) is 0 Å². The second kappa shape index (κ2) is 7.80. The minimum atomic E-state index is -0.0552. The highest BCUT2D eigenvalue weighted by Gasteiger charge is 2.18. The Morgan fingerprint density at radius 3 is 2.14 bits per heavy atom. The van der Waals surface area contributed by atoms with E-state index in [-0.39, 0.29) is 11.0 Å². The maximum atomic E-state index is 12.5. The molecule has 1 amide bonds. The van der Waals surface area contributed by atoms with Gasteiger partial charge >= 0.3 is 0 Å². The number of amides is 1. The van der Waals surface area contributed by atoms with Crippen molar-refractivity contribution >= 4 is 22.8 Å². The summed E-state index contributed by atoms with van der Waals surface area (Å²) in [4.78, 5) is 27.3. The smallest absolute Gasteiger partial charge is 0.254 e. The molecule has 0 aliphatic rings. The van der Waals surface area contributed by atoms with Crippen molar-refractivity contribution in [2.45, 2.75) is 18.7 Å². The summed E-state index contributed by atoms with van der Waals surface area (Å²) in [5.41, 5.74) is 1.22. The zero-order valence-corrected chi connectivity index (χ0v) is 13.6. The van der Waals surface area contributed by atoms with Crippen LogP contribution in [0.3, 0.4) is 0 Å². The summed E-state index contributed by atoms with van der Waals surface area (Å²) < 4.78 is 0. The third-order valence-electron chi connectivity index (χ3n) is 3.38. The van der Waals surface area contributed by atoms with Gasteiger partial charge in [0.25, 0.3) is 5.91 Å². The highest BCUT2D eigenvalue weighted by molar-refractivity contribution is 8.14. The molecular weight excluding hydrogens is 294 g/mol. The standard InChI is InChI=1S/C18H19NO2S/c1-3-19(4-2)17(20)15-12-8-9-13-16(15)22-18(21)14-10-6-5-7-11-14/h5-13H,3-4H2,1-2H3. The van der Waals surface area contributed by atoms with Crippen molar-refractivity contribution in [3.05, 3.63) is 65.7 Å². The molecule has 0 bridgehead atoms. The van der Waals surface area contributed by atoms with Gasteiger partial charge in [-0.3, -0.25) is 9.59 Å². The summed E-state index contributed by atoms with van der Waals surface area (Å²) in [6.07, 6.45) is 0. The predicted octanol–water partition coefficient (Wildman–Crippen LogP) is 4.10. The Morgan fingerprint density at radius 2 is 1.50 bits per heavy atom. The maximum Gasteiger partial charge on any atom is 0.254 e. The van der Waals surface area contributed by atoms with Gasteiger partial charge in [-0.2, -0.15) is 0 Å². The molecule has 0 unspecified atom stereocenters. The minimum absolute atomic E-state index is 0.0334. The van der Waals surface area contributed by atoms with Crippen molar-refractivity contribution in [2.75, 3.05) is 13.1 Å². The van der Waals surface area contributed by atoms with Gasteiger partial charge in [0, 0.05) is 23.5 Å². The Kier molecular flexibility index (Phi) is 5.78. The number of hydrogen-bond acceptors (Lipinski definition) is 3. The number of rotatable bonds is 5. The van der Waals surface area contributed by atoms with E-state index >= 15 is 0 Å². The van der Waals surface area contributed by atoms with Crippen LogP contribution in [0, 0.1) is 0 Å². The molecule has 0 aliphatic heterocycles. The van der Waals surface area contributed by atoms with Crippen molar-refractivity contribution in [3.8, 4) is 0 Å². The SMILES string of the molecule is CCN(CC)C(=O)c1ccccc1SC(=O)c1ccccc1. The van der Waals surface area contributed by atoms with Crippen molar-refractivity contribution in [2.24, 2.45) is 0 Å². The molecule has 2 aromatic rings. The van der Waals surface area contributed by atoms with Crippen molar-refractivity contribution in [3.63, 3.8) is 0 Å². The van der Waals surface area contributed by atoms with Crippen LogP contribution in [0.15, 0.2) is 59.5 Å². The first kappa shape index (κ1) is 16.3. The molecule has 0 aromatic heterocycles. The van der Waals surface area contributed by atoms with Gasteiger partial charge in [0.15, 0.2) is 0 Å². The van der Waals surface area contributed by atoms with E-state index in [0.717, 1.165) is 11.8 Å². The maximum absolute atomic E-state index is 12.5. The fourth-order valence-electron chi connectivity index (χ4n) is 2.15. The third-order valence-corrected chi connectivity index (χ3v) is 4.38. The van der Waals surface area contributed by atoms with Gasteiger partial charge in [-0.1, -0.05) is 42.5 Å². The van der Waals surface area contributed by atoms with Gasteiger partial charge in [0.05, 0.1) is 5.56 Å². The average molecular weight is 313 g/mol. The average Bonchev–Trinajstić information content (AvgIpc) is 2.57. The Bertz CT molecular complexity index is 651. The van der Waals surface area contributed by atoms with Crippen molar-refractivity contribution in [1.29, 1.82) is 0 Å². The number of hydrogen-bond donors (Lipinski definition) is 0. The number of carbonyl (C=O) groups is 2. The lowest BCUT2D eigenvalue weighted by atomic mass is 10.2. The number of thioether (sulfide) groups is 1. The lowest BCUT2D eigenvalue weighted by Crippen LogP contribution is -2.30. The quantitative estimate of drug-likeness (QED) is 0.780. The zero-order chi connectivity index (χ0) is 15.9. The molecule has 0 aliphatic carbocycles. The van der Waals surface area contributed by atoms with Crippen LogP contribution < -0.4 is 0 Å². The molecule has 4 heteroatoms. The molecule has 0 N–H and O–H groups in total. The predicted molar refractivity (Wildman–Crippen MR) is 90.3 cm³/mol. The van der Waals surface area contributed by atoms with E-state index in [1.165, 1.54) is 0 Å². The molecule has 2 rings (SSSR count). The molecule has 3 nitrogen and oxygen atoms in total. The van der Waals surface area contributed by atoms with E-state index in [4.69, 9.17) is 0 Å². The van der Waals surface area contributed by atoms with Crippen LogP contribution in [0.1, 0.15) is 34.6 Å². The number of nitrogens with zero attached hydrogens (tertiary/aromatic N) is 1. The molecule has 0 spiro atoms. The minimum Gasteiger partial charge on any atom is -0.339 e. The molecule has 0 heterocycles. The van der Waals surface area contributed by atoms with Gasteiger partial charge in [-0.05, 0) is 37.7 Å². The second-order valence-corrected chi connectivity index (χ2v) is 5.74. The molecule has 22 heavy (non-hydrogen) atoms. The van der Waals surface area contributed by atoms with Crippen LogP contribution >= 0.6 is 11.8 Å². The molecule has 0 radical (unpaired) electrons. The van der Waals surface area contributed by atoms with Crippen LogP contribution in [0.4, 0.5) is 0 Å². The second-order valence-electron chi connectivity index (χ2n) is 4.73. The van der Waals surface area contributed by atoms with E-state index in [1.807, 2.05) is 50.2 Å². The van der Waals surface area contributed by atoms with Gasteiger partial charge < -0.3 is 4.90 Å². The van der Waals surface area contributed by atoms with E-state index in [2.05, 4.69) is 0 Å². The summed E-state index contributed by atoms with van der Waals surface area (Å²) in [5.74, 6) is -0.0334. The van der Waals surface area contributed by atoms with Crippen LogP contribution in [-0.2, 0) is 0 Å². The summed E-state index contributed by atoms with van der Waals surface area (Å²) in [7, 11) is 0. The van der Waals surface area contributed by atoms with E-state index < -0.39 is 0 Å². The molecule has 0 fully saturated rings. The van der Waals surface area contributed by atoms with Crippen molar-refractivity contribution in [1.82, 2.24) is 4.90 Å². The largest absolute Gasteiger partial charge is 0.339 e. The first-order chi connectivity index (χ1) is 10.7. The summed E-state index contributed by atoms with van der Waals surface area (Å²) >= 11 is 1.10. The Labute approximate surface area is 135 Å². The normalized spacial score (nSPS) is 10.3. The molecule has 114 valence electrons. The van der Waals surface area contributed by atoms with E-state index in [9.17, 15) is 9.59 Å². The topological polar surface area (TPSA) is 37.4 Å². The van der Waals surface area contributed by atoms with Crippen LogP contribution in [0.25, 0.3) is 0 Å². The molecule has 0 atom stereocenters.